The number of nitrogens with one attached hydrogen (secondary N) is 1. The molecule has 1 aromatic heterocycles. The number of hydrogen-bond acceptors (Lipinski definition) is 4. The first-order valence-electron chi connectivity index (χ1n) is 7.64. The van der Waals surface area contributed by atoms with Gasteiger partial charge in [0.25, 0.3) is 5.91 Å². The molecule has 2 heterocycles. The van der Waals surface area contributed by atoms with Gasteiger partial charge in [-0.15, -0.1) is 0 Å². The summed E-state index contributed by atoms with van der Waals surface area (Å²) in [6.07, 6.45) is 1.34. The lowest BCUT2D eigenvalue weighted by molar-refractivity contribution is -0.128. The number of carbonyl (C=O) groups is 2. The molecule has 0 bridgehead atoms. The predicted molar refractivity (Wildman–Crippen MR) is 83.6 cm³/mol. The van der Waals surface area contributed by atoms with E-state index < -0.39 is 6.04 Å². The fourth-order valence-electron chi connectivity index (χ4n) is 2.76. The van der Waals surface area contributed by atoms with Crippen molar-refractivity contribution in [3.05, 3.63) is 52.9 Å². The fourth-order valence-corrected chi connectivity index (χ4v) is 2.76. The Morgan fingerprint density at radius 2 is 1.96 bits per heavy atom. The molecule has 0 unspecified atom stereocenters. The lowest BCUT2D eigenvalue weighted by Crippen LogP contribution is -2.31. The van der Waals surface area contributed by atoms with Crippen LogP contribution in [0.1, 0.15) is 29.0 Å². The van der Waals surface area contributed by atoms with Gasteiger partial charge >= 0.3 is 6.03 Å². The molecule has 1 N–H and O–H groups in total. The Balaban J connectivity index is 1.65. The lowest BCUT2D eigenvalue weighted by Gasteiger charge is -2.12. The number of imide groups is 1. The van der Waals surface area contributed by atoms with Crippen molar-refractivity contribution in [2.24, 2.45) is 0 Å². The average Bonchev–Trinajstić information content (AvgIpc) is 3.01. The maximum atomic E-state index is 12.5. The van der Waals surface area contributed by atoms with Crippen molar-refractivity contribution in [3.8, 4) is 0 Å². The van der Waals surface area contributed by atoms with Crippen molar-refractivity contribution in [2.45, 2.75) is 39.3 Å². The topological polar surface area (TPSA) is 75.4 Å². The number of nitrogens with zero attached hydrogens (tertiary/aromatic N) is 2. The number of aromatic nitrogens is 1. The largest absolute Gasteiger partial charge is 0.361 e. The summed E-state index contributed by atoms with van der Waals surface area (Å²) in [5.41, 5.74) is 2.65. The first kappa shape index (κ1) is 15.3. The molecule has 3 amide bonds. The van der Waals surface area contributed by atoms with Gasteiger partial charge in [0.2, 0.25) is 0 Å². The van der Waals surface area contributed by atoms with Gasteiger partial charge in [-0.05, 0) is 32.3 Å². The van der Waals surface area contributed by atoms with E-state index in [1.807, 2.05) is 30.3 Å². The Morgan fingerprint density at radius 3 is 2.61 bits per heavy atom. The van der Waals surface area contributed by atoms with Crippen molar-refractivity contribution < 1.29 is 14.1 Å². The van der Waals surface area contributed by atoms with Crippen LogP contribution in [0.15, 0.2) is 34.9 Å². The molecule has 1 fully saturated rings. The van der Waals surface area contributed by atoms with E-state index in [1.165, 1.54) is 4.90 Å². The van der Waals surface area contributed by atoms with Crippen molar-refractivity contribution >= 4 is 11.9 Å². The van der Waals surface area contributed by atoms with Crippen LogP contribution in [0.25, 0.3) is 0 Å². The highest BCUT2D eigenvalue weighted by atomic mass is 16.5. The quantitative estimate of drug-likeness (QED) is 0.860. The number of rotatable bonds is 5. The van der Waals surface area contributed by atoms with Gasteiger partial charge in [-0.25, -0.2) is 4.79 Å². The minimum atomic E-state index is -0.469. The van der Waals surface area contributed by atoms with Crippen molar-refractivity contribution in [3.63, 3.8) is 0 Å². The maximum Gasteiger partial charge on any atom is 0.325 e. The summed E-state index contributed by atoms with van der Waals surface area (Å²) in [5, 5.41) is 6.62. The molecule has 2 aromatic rings. The molecule has 120 valence electrons. The highest BCUT2D eigenvalue weighted by Gasteiger charge is 2.38. The summed E-state index contributed by atoms with van der Waals surface area (Å²) < 4.78 is 5.09. The van der Waals surface area contributed by atoms with E-state index in [-0.39, 0.29) is 18.5 Å². The third-order valence-electron chi connectivity index (χ3n) is 4.17. The average molecular weight is 313 g/mol. The van der Waals surface area contributed by atoms with Crippen molar-refractivity contribution in [1.29, 1.82) is 0 Å². The van der Waals surface area contributed by atoms with Crippen molar-refractivity contribution in [1.82, 2.24) is 15.4 Å². The zero-order valence-electron chi connectivity index (χ0n) is 13.2. The van der Waals surface area contributed by atoms with Gasteiger partial charge in [-0.2, -0.15) is 0 Å². The second-order valence-corrected chi connectivity index (χ2v) is 5.75. The van der Waals surface area contributed by atoms with E-state index in [1.54, 1.807) is 13.8 Å². The molecule has 1 aromatic carbocycles. The highest BCUT2D eigenvalue weighted by Crippen LogP contribution is 2.19. The molecule has 1 atom stereocenters. The van der Waals surface area contributed by atoms with Crippen LogP contribution in [0.4, 0.5) is 4.79 Å². The Kier molecular flexibility index (Phi) is 4.14. The zero-order valence-corrected chi connectivity index (χ0v) is 13.2. The normalized spacial score (nSPS) is 17.7. The molecule has 1 saturated heterocycles. The standard InChI is InChI=1S/C17H19N3O3/c1-11-14(12(2)23-19-11)10-20-16(21)15(18-17(20)22)9-8-13-6-4-3-5-7-13/h3-7,15H,8-10H2,1-2H3,(H,18,22)/t15-/m1/s1. The number of aryl methyl sites for hydroxylation is 3. The Bertz CT molecular complexity index is 704. The summed E-state index contributed by atoms with van der Waals surface area (Å²) in [7, 11) is 0. The van der Waals surface area contributed by atoms with Crippen LogP contribution in [0, 0.1) is 13.8 Å². The van der Waals surface area contributed by atoms with Crippen molar-refractivity contribution in [2.75, 3.05) is 0 Å². The van der Waals surface area contributed by atoms with E-state index in [0.717, 1.165) is 17.5 Å². The first-order valence-corrected chi connectivity index (χ1v) is 7.64. The fraction of sp³-hybridized carbons (Fsp3) is 0.353. The number of amides is 3. The molecular weight excluding hydrogens is 294 g/mol. The molecule has 1 aliphatic rings. The molecule has 1 aliphatic heterocycles. The van der Waals surface area contributed by atoms with Crippen LogP contribution in [-0.4, -0.2) is 28.0 Å². The van der Waals surface area contributed by atoms with Gasteiger partial charge in [-0.3, -0.25) is 9.69 Å². The molecule has 6 nitrogen and oxygen atoms in total. The number of benzene rings is 1. The third kappa shape index (κ3) is 3.11. The zero-order chi connectivity index (χ0) is 16.4. The van der Waals surface area contributed by atoms with Crippen LogP contribution in [-0.2, 0) is 17.8 Å². The van der Waals surface area contributed by atoms with E-state index in [0.29, 0.717) is 17.9 Å². The van der Waals surface area contributed by atoms with Gasteiger partial charge in [-0.1, -0.05) is 35.5 Å². The SMILES string of the molecule is Cc1noc(C)c1CN1C(=O)N[C@H](CCc2ccccc2)C1=O. The second-order valence-electron chi connectivity index (χ2n) is 5.75. The van der Waals surface area contributed by atoms with Gasteiger partial charge in [0.15, 0.2) is 0 Å². The number of urea groups is 1. The summed E-state index contributed by atoms with van der Waals surface area (Å²) in [4.78, 5) is 25.8. The Labute approximate surface area is 134 Å². The van der Waals surface area contributed by atoms with E-state index >= 15 is 0 Å². The molecular formula is C17H19N3O3. The second kappa shape index (κ2) is 6.24. The lowest BCUT2D eigenvalue weighted by atomic mass is 10.1. The molecule has 3 rings (SSSR count). The van der Waals surface area contributed by atoms with Gasteiger partial charge in [0.1, 0.15) is 11.8 Å². The van der Waals surface area contributed by atoms with Crippen LogP contribution < -0.4 is 5.32 Å². The molecule has 0 spiro atoms. The molecule has 23 heavy (non-hydrogen) atoms. The van der Waals surface area contributed by atoms with E-state index in [9.17, 15) is 9.59 Å². The molecule has 0 radical (unpaired) electrons. The Hall–Kier alpha value is -2.63. The molecule has 6 heteroatoms. The molecule has 0 saturated carbocycles. The summed E-state index contributed by atoms with van der Waals surface area (Å²) >= 11 is 0. The van der Waals surface area contributed by atoms with Crippen LogP contribution in [0.2, 0.25) is 0 Å². The number of hydrogen-bond donors (Lipinski definition) is 1. The Morgan fingerprint density at radius 1 is 1.22 bits per heavy atom. The monoisotopic (exact) mass is 313 g/mol. The van der Waals surface area contributed by atoms with E-state index in [2.05, 4.69) is 10.5 Å². The summed E-state index contributed by atoms with van der Waals surface area (Å²) in [5.74, 6) is 0.446. The summed E-state index contributed by atoms with van der Waals surface area (Å²) in [6, 6.07) is 9.10. The third-order valence-corrected chi connectivity index (χ3v) is 4.17. The maximum absolute atomic E-state index is 12.5. The highest BCUT2D eigenvalue weighted by molar-refractivity contribution is 6.04. The van der Waals surface area contributed by atoms with Gasteiger partial charge < -0.3 is 9.84 Å². The van der Waals surface area contributed by atoms with Gasteiger partial charge in [0.05, 0.1) is 12.2 Å². The first-order chi connectivity index (χ1) is 11.1. The number of carbonyl (C=O) groups excluding carboxylic acids is 2. The van der Waals surface area contributed by atoms with Crippen LogP contribution >= 0.6 is 0 Å². The minimum absolute atomic E-state index is 0.189. The predicted octanol–water partition coefficient (Wildman–Crippen LogP) is 2.34. The van der Waals surface area contributed by atoms with Gasteiger partial charge in [0, 0.05) is 5.56 Å². The summed E-state index contributed by atoms with van der Waals surface area (Å²) in [6.45, 7) is 3.78. The van der Waals surface area contributed by atoms with E-state index in [4.69, 9.17) is 4.52 Å². The molecule has 0 aliphatic carbocycles. The van der Waals surface area contributed by atoms with Crippen LogP contribution in [0.3, 0.4) is 0 Å². The smallest absolute Gasteiger partial charge is 0.325 e. The van der Waals surface area contributed by atoms with Crippen LogP contribution in [0.5, 0.6) is 0 Å². The minimum Gasteiger partial charge on any atom is -0.361 e.